The van der Waals surface area contributed by atoms with Crippen LogP contribution in [0.25, 0.3) is 0 Å². The molecule has 0 atom stereocenters. The van der Waals surface area contributed by atoms with Crippen molar-refractivity contribution in [3.05, 3.63) is 38.7 Å². The summed E-state index contributed by atoms with van der Waals surface area (Å²) in [5.74, 6) is 0.593. The first-order valence-corrected chi connectivity index (χ1v) is 7.48. The third-order valence-electron chi connectivity index (χ3n) is 2.63. The molecular weight excluding hydrogens is 296 g/mol. The molecule has 0 bridgehead atoms. The van der Waals surface area contributed by atoms with Gasteiger partial charge in [0.25, 0.3) is 5.56 Å². The molecule has 2 rings (SSSR count). The Kier molecular flexibility index (Phi) is 4.77. The fourth-order valence-corrected chi connectivity index (χ4v) is 2.87. The lowest BCUT2D eigenvalue weighted by Gasteiger charge is -2.07. The van der Waals surface area contributed by atoms with Gasteiger partial charge < -0.3 is 4.98 Å². The number of aromatic amines is 1. The topological polar surface area (TPSA) is 71.5 Å². The average molecular weight is 311 g/mol. The van der Waals surface area contributed by atoms with Crippen LogP contribution in [0.1, 0.15) is 30.4 Å². The third-order valence-corrected chi connectivity index (χ3v) is 3.97. The molecule has 0 saturated carbocycles. The lowest BCUT2D eigenvalue weighted by molar-refractivity contribution is 0.813. The highest BCUT2D eigenvalue weighted by Gasteiger charge is 2.11. The lowest BCUT2D eigenvalue weighted by Crippen LogP contribution is -2.10. The molecule has 0 radical (unpaired) electrons. The normalized spacial score (nSPS) is 10.8. The van der Waals surface area contributed by atoms with E-state index in [4.69, 9.17) is 11.6 Å². The fourth-order valence-electron chi connectivity index (χ4n) is 1.68. The molecule has 0 aliphatic carbocycles. The highest BCUT2D eigenvalue weighted by molar-refractivity contribution is 7.99. The number of aromatic nitrogens is 4. The Morgan fingerprint density at radius 3 is 2.75 bits per heavy atom. The summed E-state index contributed by atoms with van der Waals surface area (Å²) in [7, 11) is 0. The minimum Gasteiger partial charge on any atom is -0.301 e. The zero-order valence-corrected chi connectivity index (χ0v) is 13.1. The highest BCUT2D eigenvalue weighted by Crippen LogP contribution is 2.28. The molecule has 0 saturated heterocycles. The van der Waals surface area contributed by atoms with Crippen LogP contribution in [-0.4, -0.2) is 19.9 Å². The zero-order chi connectivity index (χ0) is 14.7. The Hall–Kier alpha value is -1.40. The van der Waals surface area contributed by atoms with E-state index in [1.54, 1.807) is 6.92 Å². The molecule has 0 amide bonds. The fraction of sp³-hybridized carbons (Fsp3) is 0.385. The Balaban J connectivity index is 2.37. The van der Waals surface area contributed by atoms with Gasteiger partial charge in [0.15, 0.2) is 5.16 Å². The number of hydrogen-bond donors (Lipinski definition) is 1. The van der Waals surface area contributed by atoms with E-state index in [-0.39, 0.29) is 5.56 Å². The van der Waals surface area contributed by atoms with Crippen LogP contribution in [0.2, 0.25) is 5.15 Å². The molecule has 0 fully saturated rings. The van der Waals surface area contributed by atoms with Crippen molar-refractivity contribution in [1.82, 2.24) is 19.9 Å². The SMILES string of the molecule is CCCc1cc(=O)[nH]c(Sc2nc(C)nc(Cl)c2C)n1. The molecule has 106 valence electrons. The highest BCUT2D eigenvalue weighted by atomic mass is 35.5. The maximum Gasteiger partial charge on any atom is 0.251 e. The van der Waals surface area contributed by atoms with Gasteiger partial charge >= 0.3 is 0 Å². The van der Waals surface area contributed by atoms with Crippen molar-refractivity contribution >= 4 is 23.4 Å². The molecular formula is C13H15ClN4OS. The van der Waals surface area contributed by atoms with Crippen molar-refractivity contribution < 1.29 is 0 Å². The molecule has 0 aromatic carbocycles. The minimum absolute atomic E-state index is 0.152. The summed E-state index contributed by atoms with van der Waals surface area (Å²) in [6.07, 6.45) is 1.72. The molecule has 1 N–H and O–H groups in total. The number of nitrogens with zero attached hydrogens (tertiary/aromatic N) is 3. The Bertz CT molecular complexity index is 687. The predicted octanol–water partition coefficient (Wildman–Crippen LogP) is 2.93. The Labute approximate surface area is 126 Å². The summed E-state index contributed by atoms with van der Waals surface area (Å²) < 4.78 is 0. The van der Waals surface area contributed by atoms with Crippen LogP contribution < -0.4 is 5.56 Å². The van der Waals surface area contributed by atoms with E-state index in [1.165, 1.54) is 17.8 Å². The van der Waals surface area contributed by atoms with Gasteiger partial charge in [-0.15, -0.1) is 0 Å². The van der Waals surface area contributed by atoms with Crippen molar-refractivity contribution in [1.29, 1.82) is 0 Å². The second-order valence-corrected chi connectivity index (χ2v) is 5.72. The zero-order valence-electron chi connectivity index (χ0n) is 11.5. The van der Waals surface area contributed by atoms with Gasteiger partial charge in [0.1, 0.15) is 16.0 Å². The van der Waals surface area contributed by atoms with Crippen molar-refractivity contribution in [3.8, 4) is 0 Å². The second-order valence-electron chi connectivity index (χ2n) is 4.39. The van der Waals surface area contributed by atoms with Crippen molar-refractivity contribution in [2.75, 3.05) is 0 Å². The number of hydrogen-bond acceptors (Lipinski definition) is 5. The summed E-state index contributed by atoms with van der Waals surface area (Å²) >= 11 is 7.34. The van der Waals surface area contributed by atoms with Crippen LogP contribution >= 0.6 is 23.4 Å². The van der Waals surface area contributed by atoms with Crippen LogP contribution in [0, 0.1) is 13.8 Å². The number of halogens is 1. The molecule has 0 unspecified atom stereocenters. The van der Waals surface area contributed by atoms with E-state index in [0.717, 1.165) is 24.1 Å². The minimum atomic E-state index is -0.152. The van der Waals surface area contributed by atoms with Crippen molar-refractivity contribution in [2.45, 2.75) is 43.8 Å². The number of rotatable bonds is 4. The number of aryl methyl sites for hydroxylation is 2. The summed E-state index contributed by atoms with van der Waals surface area (Å²) in [6, 6.07) is 1.53. The standard InChI is InChI=1S/C13H15ClN4OS/c1-4-5-9-6-10(19)18-13(17-9)20-12-7(2)11(14)15-8(3)16-12/h6H,4-5H2,1-3H3,(H,17,18,19). The molecule has 20 heavy (non-hydrogen) atoms. The van der Waals surface area contributed by atoms with Gasteiger partial charge in [-0.1, -0.05) is 24.9 Å². The molecule has 0 aliphatic heterocycles. The maximum absolute atomic E-state index is 11.6. The summed E-state index contributed by atoms with van der Waals surface area (Å²) in [4.78, 5) is 27.2. The first kappa shape index (κ1) is 15.0. The van der Waals surface area contributed by atoms with Gasteiger partial charge in [0.05, 0.1) is 0 Å². The van der Waals surface area contributed by atoms with Gasteiger partial charge in [-0.3, -0.25) is 4.79 Å². The molecule has 0 aliphatic rings. The smallest absolute Gasteiger partial charge is 0.251 e. The molecule has 2 aromatic rings. The van der Waals surface area contributed by atoms with E-state index < -0.39 is 0 Å². The van der Waals surface area contributed by atoms with Crippen LogP contribution in [0.15, 0.2) is 21.0 Å². The summed E-state index contributed by atoms with van der Waals surface area (Å²) in [6.45, 7) is 5.67. The van der Waals surface area contributed by atoms with E-state index in [2.05, 4.69) is 19.9 Å². The quantitative estimate of drug-likeness (QED) is 0.694. The molecule has 0 spiro atoms. The number of H-pyrrole nitrogens is 1. The van der Waals surface area contributed by atoms with E-state index in [9.17, 15) is 4.79 Å². The largest absolute Gasteiger partial charge is 0.301 e. The first-order valence-electron chi connectivity index (χ1n) is 6.28. The van der Waals surface area contributed by atoms with Gasteiger partial charge in [-0.2, -0.15) is 0 Å². The van der Waals surface area contributed by atoms with E-state index >= 15 is 0 Å². The van der Waals surface area contributed by atoms with Gasteiger partial charge in [-0.25, -0.2) is 15.0 Å². The monoisotopic (exact) mass is 310 g/mol. The maximum atomic E-state index is 11.6. The molecule has 7 heteroatoms. The van der Waals surface area contributed by atoms with Crippen LogP contribution in [0.4, 0.5) is 0 Å². The van der Waals surface area contributed by atoms with Crippen molar-refractivity contribution in [3.63, 3.8) is 0 Å². The van der Waals surface area contributed by atoms with Crippen LogP contribution in [0.5, 0.6) is 0 Å². The van der Waals surface area contributed by atoms with Gasteiger partial charge in [0, 0.05) is 17.3 Å². The van der Waals surface area contributed by atoms with E-state index in [0.29, 0.717) is 21.2 Å². The summed E-state index contributed by atoms with van der Waals surface area (Å²) in [5.41, 5.74) is 1.42. The number of nitrogens with one attached hydrogen (secondary N) is 1. The second kappa shape index (κ2) is 6.37. The molecule has 2 heterocycles. The molecule has 5 nitrogen and oxygen atoms in total. The van der Waals surface area contributed by atoms with Crippen molar-refractivity contribution in [2.24, 2.45) is 0 Å². The van der Waals surface area contributed by atoms with Gasteiger partial charge in [0.2, 0.25) is 0 Å². The average Bonchev–Trinajstić information content (AvgIpc) is 2.35. The Morgan fingerprint density at radius 1 is 1.30 bits per heavy atom. The summed E-state index contributed by atoms with van der Waals surface area (Å²) in [5, 5.41) is 1.66. The van der Waals surface area contributed by atoms with Crippen LogP contribution in [0.3, 0.4) is 0 Å². The third kappa shape index (κ3) is 3.58. The van der Waals surface area contributed by atoms with Gasteiger partial charge in [-0.05, 0) is 32.0 Å². The predicted molar refractivity (Wildman–Crippen MR) is 79.5 cm³/mol. The van der Waals surface area contributed by atoms with Crippen LogP contribution in [-0.2, 0) is 6.42 Å². The molecule has 2 aromatic heterocycles. The first-order chi connectivity index (χ1) is 9.49. The lowest BCUT2D eigenvalue weighted by atomic mass is 10.2. The van der Waals surface area contributed by atoms with E-state index in [1.807, 2.05) is 13.8 Å². The Morgan fingerprint density at radius 2 is 2.05 bits per heavy atom.